The second-order valence-corrected chi connectivity index (χ2v) is 9.19. The summed E-state index contributed by atoms with van der Waals surface area (Å²) in [5.74, 6) is -2.07. The molecule has 10 heteroatoms. The SMILES string of the molecule is O=C(NC[C@H]1CCCO1)[C@H](c1ccccc1F)N(Cc1ccc(F)cc1)C(=O)Cn1nnc2ccccc21. The number of aromatic nitrogens is 3. The Balaban J connectivity index is 1.50. The molecule has 0 bridgehead atoms. The lowest BCUT2D eigenvalue weighted by Gasteiger charge is -2.32. The van der Waals surface area contributed by atoms with Crippen LogP contribution in [0.25, 0.3) is 11.0 Å². The summed E-state index contributed by atoms with van der Waals surface area (Å²) in [4.78, 5) is 28.8. The van der Waals surface area contributed by atoms with Gasteiger partial charge in [-0.2, -0.15) is 0 Å². The first-order valence-corrected chi connectivity index (χ1v) is 12.5. The number of nitrogens with zero attached hydrogens (tertiary/aromatic N) is 4. The van der Waals surface area contributed by atoms with Gasteiger partial charge < -0.3 is 15.0 Å². The standard InChI is InChI=1S/C28H27F2N5O3/c29-20-13-11-19(12-14-20)17-34(26(36)18-35-25-10-4-3-9-24(25)32-33-35)27(22-7-1-2-8-23(22)30)28(37)31-16-21-6-5-15-38-21/h1-4,7-14,21,27H,5-6,15-18H2,(H,31,37)/t21-,27+/m1/s1. The van der Waals surface area contributed by atoms with Gasteiger partial charge in [0, 0.05) is 25.3 Å². The number of rotatable bonds is 9. The first kappa shape index (κ1) is 25.5. The Bertz CT molecular complexity index is 1420. The van der Waals surface area contributed by atoms with Crippen LogP contribution in [0.5, 0.6) is 0 Å². The molecule has 1 aliphatic rings. The maximum absolute atomic E-state index is 15.1. The van der Waals surface area contributed by atoms with Gasteiger partial charge in [-0.25, -0.2) is 13.5 Å². The van der Waals surface area contributed by atoms with Gasteiger partial charge in [-0.3, -0.25) is 9.59 Å². The summed E-state index contributed by atoms with van der Waals surface area (Å²) in [5, 5.41) is 11.0. The third kappa shape index (κ3) is 5.70. The number of hydrogen-bond donors (Lipinski definition) is 1. The zero-order valence-electron chi connectivity index (χ0n) is 20.6. The van der Waals surface area contributed by atoms with E-state index < -0.39 is 29.5 Å². The van der Waals surface area contributed by atoms with E-state index in [4.69, 9.17) is 4.74 Å². The third-order valence-corrected chi connectivity index (χ3v) is 6.58. The molecule has 1 aliphatic heterocycles. The van der Waals surface area contributed by atoms with Gasteiger partial charge in [0.15, 0.2) is 0 Å². The summed E-state index contributed by atoms with van der Waals surface area (Å²) >= 11 is 0. The summed E-state index contributed by atoms with van der Waals surface area (Å²) in [6.45, 7) is 0.582. The average molecular weight is 520 g/mol. The average Bonchev–Trinajstić information content (AvgIpc) is 3.60. The largest absolute Gasteiger partial charge is 0.376 e. The monoisotopic (exact) mass is 519 g/mol. The highest BCUT2D eigenvalue weighted by Crippen LogP contribution is 2.27. The smallest absolute Gasteiger partial charge is 0.247 e. The zero-order valence-corrected chi connectivity index (χ0v) is 20.6. The fourth-order valence-electron chi connectivity index (χ4n) is 4.63. The van der Waals surface area contributed by atoms with E-state index >= 15 is 4.39 Å². The lowest BCUT2D eigenvalue weighted by atomic mass is 10.0. The van der Waals surface area contributed by atoms with Crippen molar-refractivity contribution in [2.45, 2.75) is 38.1 Å². The molecular formula is C28H27F2N5O3. The molecule has 0 unspecified atom stereocenters. The number of hydrogen-bond acceptors (Lipinski definition) is 5. The van der Waals surface area contributed by atoms with E-state index in [1.807, 2.05) is 12.1 Å². The van der Waals surface area contributed by atoms with Crippen LogP contribution in [-0.2, 0) is 27.4 Å². The first-order chi connectivity index (χ1) is 18.5. The molecule has 4 aromatic rings. The van der Waals surface area contributed by atoms with Crippen LogP contribution in [0.15, 0.2) is 72.8 Å². The quantitative estimate of drug-likeness (QED) is 0.364. The van der Waals surface area contributed by atoms with E-state index in [9.17, 15) is 14.0 Å². The molecule has 3 aromatic carbocycles. The van der Waals surface area contributed by atoms with Gasteiger partial charge in [0.1, 0.15) is 29.7 Å². The van der Waals surface area contributed by atoms with Crippen molar-refractivity contribution >= 4 is 22.8 Å². The minimum absolute atomic E-state index is 0.0521. The van der Waals surface area contributed by atoms with Crippen LogP contribution >= 0.6 is 0 Å². The molecule has 2 amide bonds. The summed E-state index contributed by atoms with van der Waals surface area (Å²) in [5.41, 5.74) is 1.89. The minimum atomic E-state index is -1.29. The van der Waals surface area contributed by atoms with Crippen LogP contribution in [-0.4, -0.2) is 51.0 Å². The van der Waals surface area contributed by atoms with Crippen molar-refractivity contribution in [2.75, 3.05) is 13.2 Å². The number of carbonyl (C=O) groups is 2. The van der Waals surface area contributed by atoms with Crippen molar-refractivity contribution in [3.05, 3.63) is 95.6 Å². The fourth-order valence-corrected chi connectivity index (χ4v) is 4.63. The lowest BCUT2D eigenvalue weighted by Crippen LogP contribution is -2.46. The maximum atomic E-state index is 15.1. The van der Waals surface area contributed by atoms with E-state index in [0.29, 0.717) is 23.2 Å². The molecular weight excluding hydrogens is 492 g/mol. The Morgan fingerprint density at radius 3 is 2.58 bits per heavy atom. The number of carbonyl (C=O) groups excluding carboxylic acids is 2. The predicted molar refractivity (Wildman–Crippen MR) is 136 cm³/mol. The maximum Gasteiger partial charge on any atom is 0.247 e. The Hall–Kier alpha value is -4.18. The van der Waals surface area contributed by atoms with Gasteiger partial charge in [-0.15, -0.1) is 5.10 Å². The van der Waals surface area contributed by atoms with Gasteiger partial charge in [0.2, 0.25) is 11.8 Å². The topological polar surface area (TPSA) is 89.4 Å². The summed E-state index contributed by atoms with van der Waals surface area (Å²) in [7, 11) is 0. The van der Waals surface area contributed by atoms with Crippen molar-refractivity contribution in [2.24, 2.45) is 0 Å². The molecule has 196 valence electrons. The third-order valence-electron chi connectivity index (χ3n) is 6.58. The number of fused-ring (bicyclic) bond motifs is 1. The highest BCUT2D eigenvalue weighted by molar-refractivity contribution is 5.89. The predicted octanol–water partition coefficient (Wildman–Crippen LogP) is 3.77. The molecule has 1 saturated heterocycles. The highest BCUT2D eigenvalue weighted by atomic mass is 19.1. The van der Waals surface area contributed by atoms with Gasteiger partial charge in [-0.1, -0.05) is 47.7 Å². The molecule has 5 rings (SSSR count). The van der Waals surface area contributed by atoms with Gasteiger partial charge >= 0.3 is 0 Å². The highest BCUT2D eigenvalue weighted by Gasteiger charge is 2.34. The minimum Gasteiger partial charge on any atom is -0.376 e. The van der Waals surface area contributed by atoms with E-state index in [1.165, 1.54) is 52.0 Å². The fraction of sp³-hybridized carbons (Fsp3) is 0.286. The molecule has 0 saturated carbocycles. The second kappa shape index (κ2) is 11.5. The van der Waals surface area contributed by atoms with Crippen molar-refractivity contribution < 1.29 is 23.1 Å². The molecule has 1 fully saturated rings. The second-order valence-electron chi connectivity index (χ2n) is 9.19. The summed E-state index contributed by atoms with van der Waals surface area (Å²) < 4.78 is 35.8. The van der Waals surface area contributed by atoms with Crippen molar-refractivity contribution in [1.82, 2.24) is 25.2 Å². The van der Waals surface area contributed by atoms with Gasteiger partial charge in [-0.05, 0) is 48.7 Å². The van der Waals surface area contributed by atoms with Crippen LogP contribution in [0.1, 0.15) is 30.0 Å². The molecule has 8 nitrogen and oxygen atoms in total. The van der Waals surface area contributed by atoms with E-state index in [0.717, 1.165) is 12.8 Å². The van der Waals surface area contributed by atoms with E-state index in [-0.39, 0.29) is 31.3 Å². The van der Waals surface area contributed by atoms with Crippen LogP contribution in [0.4, 0.5) is 8.78 Å². The van der Waals surface area contributed by atoms with Crippen LogP contribution in [0.2, 0.25) is 0 Å². The van der Waals surface area contributed by atoms with E-state index in [1.54, 1.807) is 18.2 Å². The normalized spacial score (nSPS) is 15.9. The number of halogens is 2. The van der Waals surface area contributed by atoms with Crippen molar-refractivity contribution in [3.8, 4) is 0 Å². The van der Waals surface area contributed by atoms with Crippen LogP contribution < -0.4 is 5.32 Å². The molecule has 38 heavy (non-hydrogen) atoms. The van der Waals surface area contributed by atoms with Crippen LogP contribution in [0.3, 0.4) is 0 Å². The number of amides is 2. The molecule has 0 aliphatic carbocycles. The Kier molecular flexibility index (Phi) is 7.69. The van der Waals surface area contributed by atoms with E-state index in [2.05, 4.69) is 15.6 Å². The Morgan fingerprint density at radius 1 is 1.05 bits per heavy atom. The molecule has 2 atom stereocenters. The number of benzene rings is 3. The molecule has 0 spiro atoms. The zero-order chi connectivity index (χ0) is 26.5. The summed E-state index contributed by atoms with van der Waals surface area (Å²) in [6.07, 6.45) is 1.57. The molecule has 2 heterocycles. The molecule has 1 N–H and O–H groups in total. The van der Waals surface area contributed by atoms with Gasteiger partial charge in [0.25, 0.3) is 0 Å². The Morgan fingerprint density at radius 2 is 1.82 bits per heavy atom. The molecule has 1 aromatic heterocycles. The van der Waals surface area contributed by atoms with Crippen molar-refractivity contribution in [3.63, 3.8) is 0 Å². The lowest BCUT2D eigenvalue weighted by molar-refractivity contribution is -0.142. The van der Waals surface area contributed by atoms with Gasteiger partial charge in [0.05, 0.1) is 11.6 Å². The summed E-state index contributed by atoms with van der Waals surface area (Å²) in [6, 6.07) is 17.4. The number of nitrogens with one attached hydrogen (secondary N) is 1. The van der Waals surface area contributed by atoms with Crippen molar-refractivity contribution in [1.29, 1.82) is 0 Å². The number of para-hydroxylation sites is 1. The molecule has 0 radical (unpaired) electrons. The first-order valence-electron chi connectivity index (χ1n) is 12.5. The number of ether oxygens (including phenoxy) is 1. The Labute approximate surface area is 218 Å². The van der Waals surface area contributed by atoms with Crippen LogP contribution in [0, 0.1) is 11.6 Å².